The highest BCUT2D eigenvalue weighted by Gasteiger charge is 2.31. The number of aromatic nitrogens is 1. The van der Waals surface area contributed by atoms with Crippen LogP contribution in [0.4, 0.5) is 0 Å². The van der Waals surface area contributed by atoms with Crippen molar-refractivity contribution in [1.82, 2.24) is 15.2 Å². The number of thiazole rings is 1. The maximum absolute atomic E-state index is 4.54. The molecule has 108 valence electrons. The van der Waals surface area contributed by atoms with E-state index in [0.29, 0.717) is 17.5 Å². The standard InChI is InChI=1S/C15H27N3S/c1-5-12(14-17-8-10-19-14)18-9-6-7-16-13(11-18)15(2,3)4/h8,10,12-13,16H,5-7,9,11H2,1-4H3. The average Bonchev–Trinajstić information content (AvgIpc) is 2.73. The van der Waals surface area contributed by atoms with Gasteiger partial charge in [-0.1, -0.05) is 27.7 Å². The van der Waals surface area contributed by atoms with Gasteiger partial charge >= 0.3 is 0 Å². The second-order valence-electron chi connectivity index (χ2n) is 6.52. The summed E-state index contributed by atoms with van der Waals surface area (Å²) in [6.07, 6.45) is 4.30. The van der Waals surface area contributed by atoms with Crippen LogP contribution in [0.2, 0.25) is 0 Å². The van der Waals surface area contributed by atoms with E-state index in [9.17, 15) is 0 Å². The molecule has 1 fully saturated rings. The van der Waals surface area contributed by atoms with E-state index in [2.05, 4.69) is 48.3 Å². The second kappa shape index (κ2) is 6.33. The van der Waals surface area contributed by atoms with Crippen LogP contribution >= 0.6 is 11.3 Å². The van der Waals surface area contributed by atoms with Gasteiger partial charge in [0.2, 0.25) is 0 Å². The van der Waals surface area contributed by atoms with Crippen molar-refractivity contribution < 1.29 is 0 Å². The Labute approximate surface area is 121 Å². The summed E-state index contributed by atoms with van der Waals surface area (Å²) in [5.41, 5.74) is 0.309. The van der Waals surface area contributed by atoms with Crippen LogP contribution in [0.3, 0.4) is 0 Å². The van der Waals surface area contributed by atoms with E-state index in [4.69, 9.17) is 0 Å². The highest BCUT2D eigenvalue weighted by atomic mass is 32.1. The molecule has 3 nitrogen and oxygen atoms in total. The Kier molecular flexibility index (Phi) is 4.98. The highest BCUT2D eigenvalue weighted by Crippen LogP contribution is 2.30. The molecule has 0 amide bonds. The summed E-state index contributed by atoms with van der Waals surface area (Å²) in [7, 11) is 0. The van der Waals surface area contributed by atoms with Crippen molar-refractivity contribution >= 4 is 11.3 Å². The van der Waals surface area contributed by atoms with Crippen LogP contribution in [0.25, 0.3) is 0 Å². The lowest BCUT2D eigenvalue weighted by atomic mass is 9.86. The van der Waals surface area contributed by atoms with Crippen LogP contribution in [0.15, 0.2) is 11.6 Å². The predicted molar refractivity (Wildman–Crippen MR) is 82.6 cm³/mol. The summed E-state index contributed by atoms with van der Waals surface area (Å²) >= 11 is 1.79. The Balaban J connectivity index is 2.13. The molecule has 1 aliphatic heterocycles. The fourth-order valence-electron chi connectivity index (χ4n) is 2.80. The lowest BCUT2D eigenvalue weighted by molar-refractivity contribution is 0.150. The topological polar surface area (TPSA) is 28.2 Å². The summed E-state index contributed by atoms with van der Waals surface area (Å²) in [5.74, 6) is 0. The summed E-state index contributed by atoms with van der Waals surface area (Å²) in [4.78, 5) is 7.17. The van der Waals surface area contributed by atoms with Crippen molar-refractivity contribution in [3.05, 3.63) is 16.6 Å². The predicted octanol–water partition coefficient (Wildman–Crippen LogP) is 3.30. The molecule has 1 saturated heterocycles. The molecule has 1 aromatic heterocycles. The van der Waals surface area contributed by atoms with Crippen molar-refractivity contribution in [3.63, 3.8) is 0 Å². The quantitative estimate of drug-likeness (QED) is 0.921. The van der Waals surface area contributed by atoms with Crippen molar-refractivity contribution in [2.75, 3.05) is 19.6 Å². The maximum atomic E-state index is 4.54. The number of rotatable bonds is 3. The van der Waals surface area contributed by atoms with E-state index in [-0.39, 0.29) is 0 Å². The van der Waals surface area contributed by atoms with Crippen LogP contribution < -0.4 is 5.32 Å². The van der Waals surface area contributed by atoms with Gasteiger partial charge in [0.05, 0.1) is 6.04 Å². The number of hydrogen-bond donors (Lipinski definition) is 1. The van der Waals surface area contributed by atoms with Gasteiger partial charge in [-0.25, -0.2) is 4.98 Å². The number of nitrogens with zero attached hydrogens (tertiary/aromatic N) is 2. The van der Waals surface area contributed by atoms with Crippen molar-refractivity contribution in [1.29, 1.82) is 0 Å². The van der Waals surface area contributed by atoms with E-state index in [0.717, 1.165) is 19.5 Å². The molecule has 0 aliphatic carbocycles. The van der Waals surface area contributed by atoms with Gasteiger partial charge in [0, 0.05) is 30.7 Å². The molecule has 0 saturated carbocycles. The average molecular weight is 281 g/mol. The van der Waals surface area contributed by atoms with Gasteiger partial charge in [-0.15, -0.1) is 11.3 Å². The second-order valence-corrected chi connectivity index (χ2v) is 7.44. The number of nitrogens with one attached hydrogen (secondary N) is 1. The van der Waals surface area contributed by atoms with Gasteiger partial charge in [0.1, 0.15) is 5.01 Å². The molecule has 1 N–H and O–H groups in total. The molecule has 0 bridgehead atoms. The highest BCUT2D eigenvalue weighted by molar-refractivity contribution is 7.09. The Bertz CT molecular complexity index is 369. The molecule has 2 atom stereocenters. The van der Waals surface area contributed by atoms with Gasteiger partial charge in [0.15, 0.2) is 0 Å². The third-order valence-corrected chi connectivity index (χ3v) is 4.92. The van der Waals surface area contributed by atoms with Crippen molar-refractivity contribution in [2.45, 2.75) is 52.6 Å². The van der Waals surface area contributed by atoms with Crippen molar-refractivity contribution in [3.8, 4) is 0 Å². The minimum Gasteiger partial charge on any atom is -0.312 e. The van der Waals surface area contributed by atoms with Crippen LogP contribution in [0.1, 0.15) is 51.6 Å². The first kappa shape index (κ1) is 14.9. The van der Waals surface area contributed by atoms with Crippen LogP contribution in [0.5, 0.6) is 0 Å². The Morgan fingerprint density at radius 1 is 1.53 bits per heavy atom. The first-order valence-electron chi connectivity index (χ1n) is 7.39. The van der Waals surface area contributed by atoms with E-state index < -0.39 is 0 Å². The molecule has 0 radical (unpaired) electrons. The van der Waals surface area contributed by atoms with Crippen molar-refractivity contribution in [2.24, 2.45) is 5.41 Å². The molecule has 2 unspecified atom stereocenters. The zero-order valence-electron chi connectivity index (χ0n) is 12.6. The van der Waals surface area contributed by atoms with Crippen LogP contribution in [0, 0.1) is 5.41 Å². The van der Waals surface area contributed by atoms with Crippen LogP contribution in [-0.4, -0.2) is 35.6 Å². The Morgan fingerprint density at radius 2 is 2.32 bits per heavy atom. The molecule has 2 heterocycles. The number of hydrogen-bond acceptors (Lipinski definition) is 4. The molecule has 1 aromatic rings. The van der Waals surface area contributed by atoms with Crippen LogP contribution in [-0.2, 0) is 0 Å². The summed E-state index contributed by atoms with van der Waals surface area (Å²) in [5, 5.41) is 7.08. The molecule has 0 spiro atoms. The minimum atomic E-state index is 0.309. The first-order chi connectivity index (χ1) is 9.02. The van der Waals surface area contributed by atoms with Gasteiger partial charge in [0.25, 0.3) is 0 Å². The Morgan fingerprint density at radius 3 is 2.89 bits per heavy atom. The molecule has 0 aromatic carbocycles. The van der Waals surface area contributed by atoms with Gasteiger partial charge in [-0.05, 0) is 24.8 Å². The molecular formula is C15H27N3S. The van der Waals surface area contributed by atoms with E-state index in [1.807, 2.05) is 6.20 Å². The normalized spacial score (nSPS) is 24.1. The molecular weight excluding hydrogens is 254 g/mol. The Hall–Kier alpha value is -0.450. The summed E-state index contributed by atoms with van der Waals surface area (Å²) < 4.78 is 0. The first-order valence-corrected chi connectivity index (χ1v) is 8.27. The fraction of sp³-hybridized carbons (Fsp3) is 0.800. The maximum Gasteiger partial charge on any atom is 0.110 e. The third-order valence-electron chi connectivity index (χ3n) is 4.04. The van der Waals surface area contributed by atoms with Gasteiger partial charge < -0.3 is 5.32 Å². The van der Waals surface area contributed by atoms with Gasteiger partial charge in [-0.2, -0.15) is 0 Å². The summed E-state index contributed by atoms with van der Waals surface area (Å²) in [6.45, 7) is 12.7. The third kappa shape index (κ3) is 3.77. The molecule has 2 rings (SSSR count). The fourth-order valence-corrected chi connectivity index (χ4v) is 3.66. The monoisotopic (exact) mass is 281 g/mol. The zero-order chi connectivity index (χ0) is 13.9. The van der Waals surface area contributed by atoms with Gasteiger partial charge in [-0.3, -0.25) is 4.90 Å². The van der Waals surface area contributed by atoms with E-state index in [1.54, 1.807) is 11.3 Å². The van der Waals surface area contributed by atoms with E-state index >= 15 is 0 Å². The summed E-state index contributed by atoms with van der Waals surface area (Å²) in [6, 6.07) is 1.05. The molecule has 4 heteroatoms. The SMILES string of the molecule is CCC(c1nccs1)N1CCCNC(C(C)(C)C)C1. The lowest BCUT2D eigenvalue weighted by Gasteiger charge is -2.36. The molecule has 1 aliphatic rings. The van der Waals surface area contributed by atoms with E-state index in [1.165, 1.54) is 18.0 Å². The zero-order valence-corrected chi connectivity index (χ0v) is 13.5. The largest absolute Gasteiger partial charge is 0.312 e. The smallest absolute Gasteiger partial charge is 0.110 e. The molecule has 19 heavy (non-hydrogen) atoms. The minimum absolute atomic E-state index is 0.309. The lowest BCUT2D eigenvalue weighted by Crippen LogP contribution is -2.46.